The number of carbonyl (C=O) groups is 2. The monoisotopic (exact) mass is 250 g/mol. The molecule has 1 aliphatic rings. The van der Waals surface area contributed by atoms with E-state index in [1.165, 1.54) is 7.05 Å². The zero-order valence-corrected chi connectivity index (χ0v) is 9.66. The first-order valence-electron chi connectivity index (χ1n) is 4.81. The summed E-state index contributed by atoms with van der Waals surface area (Å²) < 4.78 is 24.3. The van der Waals surface area contributed by atoms with Crippen LogP contribution in [-0.2, 0) is 19.6 Å². The van der Waals surface area contributed by atoms with Crippen LogP contribution >= 0.6 is 0 Å². The van der Waals surface area contributed by atoms with E-state index in [9.17, 15) is 18.0 Å². The van der Waals surface area contributed by atoms with Gasteiger partial charge in [0.15, 0.2) is 0 Å². The van der Waals surface area contributed by atoms with Gasteiger partial charge in [-0.15, -0.1) is 0 Å². The number of hydrogen-bond acceptors (Lipinski definition) is 4. The van der Waals surface area contributed by atoms with E-state index in [1.807, 2.05) is 4.72 Å². The first-order valence-corrected chi connectivity index (χ1v) is 6.46. The molecule has 1 fully saturated rings. The molecule has 0 saturated carbocycles. The van der Waals surface area contributed by atoms with Crippen molar-refractivity contribution in [2.75, 3.05) is 19.3 Å². The molecule has 1 atom stereocenters. The molecular weight excluding hydrogens is 236 g/mol. The molecule has 8 heteroatoms. The normalized spacial score (nSPS) is 21.1. The van der Waals surface area contributed by atoms with Crippen LogP contribution in [0.1, 0.15) is 12.8 Å². The quantitative estimate of drug-likeness (QED) is 0.639. The predicted octanol–water partition coefficient (Wildman–Crippen LogP) is -1.39. The molecule has 0 aliphatic carbocycles. The molecular formula is C8H14N2O5S. The maximum Gasteiger partial charge on any atom is 0.326 e. The van der Waals surface area contributed by atoms with Gasteiger partial charge in [-0.1, -0.05) is 0 Å². The molecule has 1 heterocycles. The number of likely N-dealkylation sites (tertiary alicyclic amines) is 1. The number of hydrogen-bond donors (Lipinski definition) is 2. The van der Waals surface area contributed by atoms with Gasteiger partial charge >= 0.3 is 5.97 Å². The standard InChI is InChI=1S/C8H14N2O5S/c1-9-16(14,15)5-7(11)10-4-2-3-6(10)8(12)13/h6,9H,2-5H2,1H3,(H,12,13)/t6-/m0/s1. The van der Waals surface area contributed by atoms with Crippen molar-refractivity contribution in [1.29, 1.82) is 0 Å². The van der Waals surface area contributed by atoms with E-state index in [0.717, 1.165) is 4.90 Å². The summed E-state index contributed by atoms with van der Waals surface area (Å²) >= 11 is 0. The van der Waals surface area contributed by atoms with Crippen molar-refractivity contribution in [2.45, 2.75) is 18.9 Å². The lowest BCUT2D eigenvalue weighted by Gasteiger charge is -2.21. The molecule has 0 spiro atoms. The van der Waals surface area contributed by atoms with Crippen molar-refractivity contribution in [3.05, 3.63) is 0 Å². The number of amides is 1. The predicted molar refractivity (Wildman–Crippen MR) is 55.2 cm³/mol. The van der Waals surface area contributed by atoms with Gasteiger partial charge in [-0.25, -0.2) is 17.9 Å². The minimum Gasteiger partial charge on any atom is -0.480 e. The largest absolute Gasteiger partial charge is 0.480 e. The second kappa shape index (κ2) is 4.79. The number of nitrogens with one attached hydrogen (secondary N) is 1. The molecule has 2 N–H and O–H groups in total. The Labute approximate surface area is 93.5 Å². The van der Waals surface area contributed by atoms with Crippen LogP contribution in [0.2, 0.25) is 0 Å². The second-order valence-electron chi connectivity index (χ2n) is 3.55. The van der Waals surface area contributed by atoms with E-state index in [1.54, 1.807) is 0 Å². The highest BCUT2D eigenvalue weighted by Crippen LogP contribution is 2.17. The van der Waals surface area contributed by atoms with E-state index >= 15 is 0 Å². The van der Waals surface area contributed by atoms with E-state index in [0.29, 0.717) is 19.4 Å². The fourth-order valence-corrected chi connectivity index (χ4v) is 2.27. The Morgan fingerprint density at radius 3 is 2.62 bits per heavy atom. The van der Waals surface area contributed by atoms with Gasteiger partial charge in [-0.05, 0) is 19.9 Å². The van der Waals surface area contributed by atoms with Crippen LogP contribution in [0.5, 0.6) is 0 Å². The van der Waals surface area contributed by atoms with Gasteiger partial charge in [0, 0.05) is 6.54 Å². The number of nitrogens with zero attached hydrogens (tertiary/aromatic N) is 1. The van der Waals surface area contributed by atoms with Crippen LogP contribution in [0.25, 0.3) is 0 Å². The summed E-state index contributed by atoms with van der Waals surface area (Å²) in [4.78, 5) is 23.5. The molecule has 1 amide bonds. The van der Waals surface area contributed by atoms with Crippen molar-refractivity contribution >= 4 is 21.9 Å². The fourth-order valence-electron chi connectivity index (χ4n) is 1.64. The van der Waals surface area contributed by atoms with Crippen molar-refractivity contribution in [2.24, 2.45) is 0 Å². The molecule has 0 bridgehead atoms. The van der Waals surface area contributed by atoms with Crippen LogP contribution in [0, 0.1) is 0 Å². The van der Waals surface area contributed by atoms with Crippen molar-refractivity contribution in [1.82, 2.24) is 9.62 Å². The van der Waals surface area contributed by atoms with Gasteiger partial charge in [0.05, 0.1) is 0 Å². The highest BCUT2D eigenvalue weighted by Gasteiger charge is 2.35. The topological polar surface area (TPSA) is 104 Å². The van der Waals surface area contributed by atoms with Gasteiger partial charge < -0.3 is 10.0 Å². The Balaban J connectivity index is 2.71. The van der Waals surface area contributed by atoms with Crippen LogP contribution in [-0.4, -0.2) is 55.7 Å². The number of carboxylic acid groups (broad SMARTS) is 1. The number of carboxylic acids is 1. The maximum absolute atomic E-state index is 11.6. The first kappa shape index (κ1) is 12.9. The summed E-state index contributed by atoms with van der Waals surface area (Å²) in [7, 11) is -2.43. The maximum atomic E-state index is 11.6. The van der Waals surface area contributed by atoms with Crippen LogP contribution in [0.3, 0.4) is 0 Å². The van der Waals surface area contributed by atoms with Gasteiger partial charge in [0.25, 0.3) is 0 Å². The average molecular weight is 250 g/mol. The summed E-state index contributed by atoms with van der Waals surface area (Å²) in [5.41, 5.74) is 0. The molecule has 1 aliphatic heterocycles. The van der Waals surface area contributed by atoms with Gasteiger partial charge in [-0.2, -0.15) is 0 Å². The lowest BCUT2D eigenvalue weighted by molar-refractivity contribution is -0.147. The highest BCUT2D eigenvalue weighted by atomic mass is 32.2. The van der Waals surface area contributed by atoms with Crippen LogP contribution < -0.4 is 4.72 Å². The Morgan fingerprint density at radius 2 is 2.12 bits per heavy atom. The molecule has 16 heavy (non-hydrogen) atoms. The molecule has 0 radical (unpaired) electrons. The Kier molecular flexibility index (Phi) is 3.87. The summed E-state index contributed by atoms with van der Waals surface area (Å²) in [5, 5.41) is 8.83. The zero-order chi connectivity index (χ0) is 12.3. The van der Waals surface area contributed by atoms with Crippen molar-refractivity contribution in [3.8, 4) is 0 Å². The minimum atomic E-state index is -3.64. The molecule has 0 unspecified atom stereocenters. The second-order valence-corrected chi connectivity index (χ2v) is 5.47. The van der Waals surface area contributed by atoms with Crippen LogP contribution in [0.4, 0.5) is 0 Å². The van der Waals surface area contributed by atoms with Crippen LogP contribution in [0.15, 0.2) is 0 Å². The Hall–Kier alpha value is -1.15. The summed E-state index contributed by atoms with van der Waals surface area (Å²) in [6, 6.07) is -0.889. The van der Waals surface area contributed by atoms with Gasteiger partial charge in [0.2, 0.25) is 15.9 Å². The average Bonchev–Trinajstić information content (AvgIpc) is 2.65. The molecule has 7 nitrogen and oxygen atoms in total. The number of rotatable bonds is 4. The molecule has 1 saturated heterocycles. The third-order valence-corrected chi connectivity index (χ3v) is 3.73. The first-order chi connectivity index (χ1) is 7.37. The lowest BCUT2D eigenvalue weighted by atomic mass is 10.2. The number of sulfonamides is 1. The molecule has 0 aromatic carbocycles. The summed E-state index contributed by atoms with van der Waals surface area (Å²) in [6.45, 7) is 0.301. The number of carbonyl (C=O) groups excluding carboxylic acids is 1. The molecule has 92 valence electrons. The fraction of sp³-hybridized carbons (Fsp3) is 0.750. The molecule has 1 rings (SSSR count). The summed E-state index contributed by atoms with van der Waals surface area (Å²) in [6.07, 6.45) is 0.961. The van der Waals surface area contributed by atoms with E-state index < -0.39 is 33.7 Å². The molecule has 0 aromatic heterocycles. The Bertz CT molecular complexity index is 391. The van der Waals surface area contributed by atoms with Crippen molar-refractivity contribution in [3.63, 3.8) is 0 Å². The molecule has 0 aromatic rings. The Morgan fingerprint density at radius 1 is 1.50 bits per heavy atom. The number of aliphatic carboxylic acids is 1. The third kappa shape index (κ3) is 2.92. The smallest absolute Gasteiger partial charge is 0.326 e. The van der Waals surface area contributed by atoms with Gasteiger partial charge in [-0.3, -0.25) is 4.79 Å². The lowest BCUT2D eigenvalue weighted by Crippen LogP contribution is -2.44. The van der Waals surface area contributed by atoms with E-state index in [-0.39, 0.29) is 0 Å². The van der Waals surface area contributed by atoms with Gasteiger partial charge in [0.1, 0.15) is 11.8 Å². The van der Waals surface area contributed by atoms with E-state index in [2.05, 4.69) is 0 Å². The summed E-state index contributed by atoms with van der Waals surface area (Å²) in [5.74, 6) is -2.46. The highest BCUT2D eigenvalue weighted by molar-refractivity contribution is 7.90. The minimum absolute atomic E-state index is 0.301. The van der Waals surface area contributed by atoms with E-state index in [4.69, 9.17) is 5.11 Å². The zero-order valence-electron chi connectivity index (χ0n) is 8.84. The SMILES string of the molecule is CNS(=O)(=O)CC(=O)N1CCC[C@H]1C(=O)O. The third-order valence-electron chi connectivity index (χ3n) is 2.48. The van der Waals surface area contributed by atoms with Crippen molar-refractivity contribution < 1.29 is 23.1 Å².